The number of amides is 1. The molecule has 0 saturated carbocycles. The van der Waals surface area contributed by atoms with Gasteiger partial charge in [-0.05, 0) is 43.4 Å². The van der Waals surface area contributed by atoms with E-state index < -0.39 is 6.10 Å². The zero-order valence-corrected chi connectivity index (χ0v) is 15.7. The molecule has 0 aromatic heterocycles. The lowest BCUT2D eigenvalue weighted by molar-refractivity contribution is -0.129. The lowest BCUT2D eigenvalue weighted by Gasteiger charge is -2.24. The summed E-state index contributed by atoms with van der Waals surface area (Å²) in [5, 5.41) is 3.18. The van der Waals surface area contributed by atoms with Crippen LogP contribution in [-0.4, -0.2) is 12.0 Å². The van der Waals surface area contributed by atoms with Crippen LogP contribution in [0.1, 0.15) is 50.8 Å². The van der Waals surface area contributed by atoms with Crippen molar-refractivity contribution in [2.24, 2.45) is 5.92 Å². The third-order valence-electron chi connectivity index (χ3n) is 4.19. The van der Waals surface area contributed by atoms with Gasteiger partial charge in [0.15, 0.2) is 6.10 Å². The van der Waals surface area contributed by atoms with E-state index in [4.69, 9.17) is 4.74 Å². The van der Waals surface area contributed by atoms with Crippen LogP contribution in [0.25, 0.3) is 0 Å². The van der Waals surface area contributed by atoms with E-state index in [2.05, 4.69) is 31.3 Å². The molecule has 2 atom stereocenters. The van der Waals surface area contributed by atoms with E-state index in [1.165, 1.54) is 5.56 Å². The fourth-order valence-corrected chi connectivity index (χ4v) is 2.80. The molecule has 134 valence electrons. The Morgan fingerprint density at radius 2 is 1.68 bits per heavy atom. The molecule has 25 heavy (non-hydrogen) atoms. The number of carbonyl (C=O) groups excluding carboxylic acids is 1. The lowest BCUT2D eigenvalue weighted by Crippen LogP contribution is -2.40. The molecule has 3 nitrogen and oxygen atoms in total. The molecule has 2 rings (SSSR count). The number of ether oxygens (including phenoxy) is 1. The summed E-state index contributed by atoms with van der Waals surface area (Å²) in [6.07, 6.45) is 1.04. The highest BCUT2D eigenvalue weighted by Crippen LogP contribution is 2.22. The first-order valence-corrected chi connectivity index (χ1v) is 9.08. The molecular weight excluding hydrogens is 310 g/mol. The van der Waals surface area contributed by atoms with Gasteiger partial charge in [-0.2, -0.15) is 0 Å². The molecule has 1 amide bonds. The summed E-state index contributed by atoms with van der Waals surface area (Å²) in [5.74, 6) is 1.16. The Balaban J connectivity index is 2.08. The Hall–Kier alpha value is -2.29. The van der Waals surface area contributed by atoms with E-state index in [9.17, 15) is 4.79 Å². The number of rotatable bonds is 8. The van der Waals surface area contributed by atoms with Gasteiger partial charge in [0.05, 0.1) is 6.04 Å². The maximum Gasteiger partial charge on any atom is 0.261 e. The van der Waals surface area contributed by atoms with Crippen LogP contribution in [0.2, 0.25) is 0 Å². The Morgan fingerprint density at radius 3 is 2.24 bits per heavy atom. The van der Waals surface area contributed by atoms with Crippen molar-refractivity contribution < 1.29 is 9.53 Å². The normalized spacial score (nSPS) is 13.3. The average molecular weight is 339 g/mol. The summed E-state index contributed by atoms with van der Waals surface area (Å²) in [5.41, 5.74) is 2.31. The van der Waals surface area contributed by atoms with Gasteiger partial charge in [0, 0.05) is 0 Å². The van der Waals surface area contributed by atoms with Gasteiger partial charge in [0.2, 0.25) is 0 Å². The van der Waals surface area contributed by atoms with Crippen LogP contribution < -0.4 is 10.1 Å². The summed E-state index contributed by atoms with van der Waals surface area (Å²) in [6.45, 7) is 8.34. The number of aryl methyl sites for hydroxylation is 1. The highest BCUT2D eigenvalue weighted by Gasteiger charge is 2.23. The van der Waals surface area contributed by atoms with Crippen molar-refractivity contribution in [2.75, 3.05) is 0 Å². The van der Waals surface area contributed by atoms with Gasteiger partial charge in [-0.3, -0.25) is 4.79 Å². The summed E-state index contributed by atoms with van der Waals surface area (Å²) < 4.78 is 5.91. The van der Waals surface area contributed by atoms with Crippen LogP contribution in [0.4, 0.5) is 0 Å². The first kappa shape index (κ1) is 19.0. The molecule has 1 N–H and O–H groups in total. The standard InChI is InChI=1S/C22H29NO2/c1-5-21(25-19-13-11-17(4)12-14-19)22(24)23-20(15-16(2)3)18-9-7-6-8-10-18/h6-14,16,20-21H,5,15H2,1-4H3,(H,23,24)/t20-,21-/m0/s1. The minimum atomic E-state index is -0.485. The molecule has 3 heteroatoms. The molecule has 0 bridgehead atoms. The molecule has 0 aliphatic rings. The van der Waals surface area contributed by atoms with E-state index in [0.29, 0.717) is 12.3 Å². The molecule has 0 saturated heterocycles. The highest BCUT2D eigenvalue weighted by atomic mass is 16.5. The summed E-state index contributed by atoms with van der Waals surface area (Å²) >= 11 is 0. The number of hydrogen-bond donors (Lipinski definition) is 1. The molecule has 2 aromatic carbocycles. The Morgan fingerprint density at radius 1 is 1.04 bits per heavy atom. The predicted molar refractivity (Wildman–Crippen MR) is 103 cm³/mol. The van der Waals surface area contributed by atoms with Gasteiger partial charge in [-0.1, -0.05) is 68.8 Å². The van der Waals surface area contributed by atoms with Crippen molar-refractivity contribution >= 4 is 5.91 Å². The smallest absolute Gasteiger partial charge is 0.261 e. The Kier molecular flexibility index (Phi) is 7.05. The Labute approximate surface area is 151 Å². The first-order valence-electron chi connectivity index (χ1n) is 9.08. The van der Waals surface area contributed by atoms with Crippen LogP contribution in [0, 0.1) is 12.8 Å². The van der Waals surface area contributed by atoms with E-state index >= 15 is 0 Å². The summed E-state index contributed by atoms with van der Waals surface area (Å²) in [6, 6.07) is 17.9. The van der Waals surface area contributed by atoms with Crippen molar-refractivity contribution in [3.05, 3.63) is 65.7 Å². The van der Waals surface area contributed by atoms with Crippen LogP contribution >= 0.6 is 0 Å². The lowest BCUT2D eigenvalue weighted by atomic mass is 9.96. The molecular formula is C22H29NO2. The molecule has 0 heterocycles. The average Bonchev–Trinajstić information content (AvgIpc) is 2.61. The first-order chi connectivity index (χ1) is 12.0. The van der Waals surface area contributed by atoms with Crippen molar-refractivity contribution in [3.8, 4) is 5.75 Å². The molecule has 0 radical (unpaired) electrons. The zero-order chi connectivity index (χ0) is 18.2. The molecule has 0 fully saturated rings. The number of benzene rings is 2. The fraction of sp³-hybridized carbons (Fsp3) is 0.409. The third-order valence-corrected chi connectivity index (χ3v) is 4.19. The van der Waals surface area contributed by atoms with Crippen LogP contribution in [0.3, 0.4) is 0 Å². The van der Waals surface area contributed by atoms with Gasteiger partial charge in [0.25, 0.3) is 5.91 Å². The minimum absolute atomic E-state index is 0.00404. The van der Waals surface area contributed by atoms with Crippen LogP contribution in [0.15, 0.2) is 54.6 Å². The van der Waals surface area contributed by atoms with Crippen LogP contribution in [0.5, 0.6) is 5.75 Å². The topological polar surface area (TPSA) is 38.3 Å². The predicted octanol–water partition coefficient (Wildman–Crippen LogP) is 5.06. The quantitative estimate of drug-likeness (QED) is 0.730. The van der Waals surface area contributed by atoms with Crippen molar-refractivity contribution in [3.63, 3.8) is 0 Å². The van der Waals surface area contributed by atoms with Crippen molar-refractivity contribution in [1.82, 2.24) is 5.32 Å². The molecule has 0 spiro atoms. The third kappa shape index (κ3) is 5.93. The highest BCUT2D eigenvalue weighted by molar-refractivity contribution is 5.81. The number of nitrogens with one attached hydrogen (secondary N) is 1. The maximum atomic E-state index is 12.8. The second-order valence-corrected chi connectivity index (χ2v) is 6.93. The van der Waals surface area contributed by atoms with Gasteiger partial charge >= 0.3 is 0 Å². The largest absolute Gasteiger partial charge is 0.481 e. The maximum absolute atomic E-state index is 12.8. The van der Waals surface area contributed by atoms with E-state index in [-0.39, 0.29) is 11.9 Å². The SMILES string of the molecule is CC[C@H](Oc1ccc(C)cc1)C(=O)N[C@@H](CC(C)C)c1ccccc1. The molecule has 2 aromatic rings. The van der Waals surface area contributed by atoms with Gasteiger partial charge in [-0.15, -0.1) is 0 Å². The second kappa shape index (κ2) is 9.26. The minimum Gasteiger partial charge on any atom is -0.481 e. The fourth-order valence-electron chi connectivity index (χ4n) is 2.80. The summed E-state index contributed by atoms with van der Waals surface area (Å²) in [4.78, 5) is 12.8. The van der Waals surface area contributed by atoms with Gasteiger partial charge in [0.1, 0.15) is 5.75 Å². The number of hydrogen-bond acceptors (Lipinski definition) is 2. The monoisotopic (exact) mass is 339 g/mol. The second-order valence-electron chi connectivity index (χ2n) is 6.93. The molecule has 0 aliphatic carbocycles. The van der Waals surface area contributed by atoms with E-state index in [1.807, 2.05) is 56.3 Å². The van der Waals surface area contributed by atoms with E-state index in [1.54, 1.807) is 0 Å². The van der Waals surface area contributed by atoms with Gasteiger partial charge in [-0.25, -0.2) is 0 Å². The molecule has 0 aliphatic heterocycles. The zero-order valence-electron chi connectivity index (χ0n) is 15.7. The Bertz CT molecular complexity index is 649. The van der Waals surface area contributed by atoms with Crippen molar-refractivity contribution in [2.45, 2.75) is 52.7 Å². The summed E-state index contributed by atoms with van der Waals surface area (Å²) in [7, 11) is 0. The van der Waals surface area contributed by atoms with Gasteiger partial charge < -0.3 is 10.1 Å². The van der Waals surface area contributed by atoms with E-state index in [0.717, 1.165) is 17.7 Å². The van der Waals surface area contributed by atoms with Crippen molar-refractivity contribution in [1.29, 1.82) is 0 Å². The molecule has 0 unspecified atom stereocenters. The van der Waals surface area contributed by atoms with Crippen LogP contribution in [-0.2, 0) is 4.79 Å². The number of carbonyl (C=O) groups is 1.